The minimum Gasteiger partial charge on any atom is -0.192 e. The van der Waals surface area contributed by atoms with E-state index in [1.165, 1.54) is 25.7 Å². The highest BCUT2D eigenvalue weighted by molar-refractivity contribution is 8.00. The van der Waals surface area contributed by atoms with E-state index >= 15 is 0 Å². The molecular formula is C12H13NS. The van der Waals surface area contributed by atoms with Crippen molar-refractivity contribution in [3.8, 4) is 6.07 Å². The maximum atomic E-state index is 8.93. The van der Waals surface area contributed by atoms with Crippen LogP contribution in [-0.2, 0) is 0 Å². The van der Waals surface area contributed by atoms with E-state index in [1.807, 2.05) is 30.0 Å². The Bertz CT molecular complexity index is 348. The van der Waals surface area contributed by atoms with Crippen molar-refractivity contribution >= 4 is 11.8 Å². The van der Waals surface area contributed by atoms with Crippen molar-refractivity contribution in [3.05, 3.63) is 29.8 Å². The molecule has 0 unspecified atom stereocenters. The average Bonchev–Trinajstić information content (AvgIpc) is 2.71. The maximum absolute atomic E-state index is 8.93. The molecule has 2 rings (SSSR count). The highest BCUT2D eigenvalue weighted by Crippen LogP contribution is 2.35. The van der Waals surface area contributed by atoms with Gasteiger partial charge in [-0.15, -0.1) is 11.8 Å². The van der Waals surface area contributed by atoms with Crippen LogP contribution >= 0.6 is 11.8 Å². The van der Waals surface area contributed by atoms with Crippen molar-refractivity contribution < 1.29 is 0 Å². The van der Waals surface area contributed by atoms with Crippen molar-refractivity contribution in [1.29, 1.82) is 5.26 Å². The van der Waals surface area contributed by atoms with E-state index < -0.39 is 0 Å². The van der Waals surface area contributed by atoms with E-state index in [1.54, 1.807) is 0 Å². The second kappa shape index (κ2) is 4.52. The molecule has 0 N–H and O–H groups in total. The number of thioether (sulfide) groups is 1. The third-order valence-corrected chi connectivity index (χ3v) is 4.02. The summed E-state index contributed by atoms with van der Waals surface area (Å²) in [5.41, 5.74) is 0.824. The summed E-state index contributed by atoms with van der Waals surface area (Å²) in [6.45, 7) is 0. The van der Waals surface area contributed by atoms with Crippen LogP contribution in [0.1, 0.15) is 31.2 Å². The Labute approximate surface area is 89.1 Å². The van der Waals surface area contributed by atoms with Crippen molar-refractivity contribution in [2.45, 2.75) is 35.8 Å². The van der Waals surface area contributed by atoms with Crippen LogP contribution in [0.5, 0.6) is 0 Å². The summed E-state index contributed by atoms with van der Waals surface area (Å²) in [4.78, 5) is 1.15. The molecule has 1 aromatic carbocycles. The fraction of sp³-hybridized carbons (Fsp3) is 0.417. The lowest BCUT2D eigenvalue weighted by molar-refractivity contribution is 0.886. The van der Waals surface area contributed by atoms with Crippen LogP contribution in [0.15, 0.2) is 29.2 Å². The molecule has 0 amide bonds. The Morgan fingerprint density at radius 2 is 1.93 bits per heavy atom. The van der Waals surface area contributed by atoms with Crippen LogP contribution in [0, 0.1) is 11.3 Å². The Balaban J connectivity index is 2.11. The van der Waals surface area contributed by atoms with Crippen LogP contribution in [0.3, 0.4) is 0 Å². The SMILES string of the molecule is N#Cc1ccccc1SC1CCCC1. The summed E-state index contributed by atoms with van der Waals surface area (Å²) in [6.07, 6.45) is 5.33. The number of benzene rings is 1. The van der Waals surface area contributed by atoms with Gasteiger partial charge in [0.1, 0.15) is 6.07 Å². The number of hydrogen-bond acceptors (Lipinski definition) is 2. The van der Waals surface area contributed by atoms with E-state index in [0.29, 0.717) is 0 Å². The molecule has 1 aliphatic rings. The van der Waals surface area contributed by atoms with Gasteiger partial charge in [0.05, 0.1) is 5.56 Å². The average molecular weight is 203 g/mol. The molecule has 0 atom stereocenters. The highest BCUT2D eigenvalue weighted by atomic mass is 32.2. The first-order chi connectivity index (χ1) is 6.90. The number of nitrogens with zero attached hydrogens (tertiary/aromatic N) is 1. The molecule has 0 radical (unpaired) electrons. The number of hydrogen-bond donors (Lipinski definition) is 0. The lowest BCUT2D eigenvalue weighted by Gasteiger charge is -2.09. The first kappa shape index (κ1) is 9.61. The molecular weight excluding hydrogens is 190 g/mol. The quantitative estimate of drug-likeness (QED) is 0.733. The van der Waals surface area contributed by atoms with Crippen molar-refractivity contribution in [1.82, 2.24) is 0 Å². The molecule has 0 aromatic heterocycles. The Morgan fingerprint density at radius 1 is 1.21 bits per heavy atom. The molecule has 0 aliphatic heterocycles. The molecule has 1 fully saturated rings. The molecule has 1 aliphatic carbocycles. The second-order valence-corrected chi connectivity index (χ2v) is 4.97. The predicted octanol–water partition coefficient (Wildman–Crippen LogP) is 3.59. The van der Waals surface area contributed by atoms with E-state index in [0.717, 1.165) is 15.7 Å². The van der Waals surface area contributed by atoms with E-state index in [2.05, 4.69) is 12.1 Å². The Hall–Kier alpha value is -0.940. The summed E-state index contributed by atoms with van der Waals surface area (Å²) in [6, 6.07) is 10.1. The minimum atomic E-state index is 0.740. The van der Waals surface area contributed by atoms with Gasteiger partial charge in [0.15, 0.2) is 0 Å². The third kappa shape index (κ3) is 2.10. The molecule has 72 valence electrons. The van der Waals surface area contributed by atoms with Crippen molar-refractivity contribution in [2.75, 3.05) is 0 Å². The Morgan fingerprint density at radius 3 is 2.64 bits per heavy atom. The van der Waals surface area contributed by atoms with Gasteiger partial charge >= 0.3 is 0 Å². The van der Waals surface area contributed by atoms with Gasteiger partial charge in [0.2, 0.25) is 0 Å². The van der Waals surface area contributed by atoms with E-state index in [-0.39, 0.29) is 0 Å². The normalized spacial score (nSPS) is 16.8. The summed E-state index contributed by atoms with van der Waals surface area (Å²) in [5.74, 6) is 0. The zero-order chi connectivity index (χ0) is 9.80. The predicted molar refractivity (Wildman–Crippen MR) is 59.3 cm³/mol. The van der Waals surface area contributed by atoms with Crippen LogP contribution in [0.2, 0.25) is 0 Å². The molecule has 1 aromatic rings. The van der Waals surface area contributed by atoms with E-state index in [9.17, 15) is 0 Å². The molecule has 14 heavy (non-hydrogen) atoms. The molecule has 1 saturated carbocycles. The zero-order valence-electron chi connectivity index (χ0n) is 8.07. The van der Waals surface area contributed by atoms with E-state index in [4.69, 9.17) is 5.26 Å². The van der Waals surface area contributed by atoms with Gasteiger partial charge in [-0.1, -0.05) is 25.0 Å². The summed E-state index contributed by atoms with van der Waals surface area (Å²) in [7, 11) is 0. The maximum Gasteiger partial charge on any atom is 0.100 e. The minimum absolute atomic E-state index is 0.740. The summed E-state index contributed by atoms with van der Waals surface area (Å²) < 4.78 is 0. The van der Waals surface area contributed by atoms with Gasteiger partial charge in [-0.3, -0.25) is 0 Å². The zero-order valence-corrected chi connectivity index (χ0v) is 8.89. The topological polar surface area (TPSA) is 23.8 Å². The second-order valence-electron chi connectivity index (χ2n) is 3.63. The van der Waals surface area contributed by atoms with Gasteiger partial charge in [0, 0.05) is 10.1 Å². The standard InChI is InChI=1S/C12H13NS/c13-9-10-5-1-4-8-12(10)14-11-6-2-3-7-11/h1,4-5,8,11H,2-3,6-7H2. The van der Waals surface area contributed by atoms with Crippen LogP contribution in [0.25, 0.3) is 0 Å². The first-order valence-electron chi connectivity index (χ1n) is 5.06. The molecule has 2 heteroatoms. The fourth-order valence-electron chi connectivity index (χ4n) is 1.85. The van der Waals surface area contributed by atoms with Gasteiger partial charge < -0.3 is 0 Å². The fourth-order valence-corrected chi connectivity index (χ4v) is 3.17. The van der Waals surface area contributed by atoms with Crippen LogP contribution in [0.4, 0.5) is 0 Å². The third-order valence-electron chi connectivity index (χ3n) is 2.60. The first-order valence-corrected chi connectivity index (χ1v) is 5.94. The molecule has 0 spiro atoms. The van der Waals surface area contributed by atoms with Crippen molar-refractivity contribution in [2.24, 2.45) is 0 Å². The monoisotopic (exact) mass is 203 g/mol. The Kier molecular flexibility index (Phi) is 3.10. The van der Waals surface area contributed by atoms with Gasteiger partial charge in [-0.05, 0) is 25.0 Å². The van der Waals surface area contributed by atoms with Gasteiger partial charge in [-0.2, -0.15) is 5.26 Å². The molecule has 0 bridgehead atoms. The van der Waals surface area contributed by atoms with Crippen LogP contribution in [-0.4, -0.2) is 5.25 Å². The molecule has 0 saturated heterocycles. The summed E-state index contributed by atoms with van der Waals surface area (Å²) in [5, 5.41) is 9.67. The smallest absolute Gasteiger partial charge is 0.100 e. The van der Waals surface area contributed by atoms with Gasteiger partial charge in [-0.25, -0.2) is 0 Å². The summed E-state index contributed by atoms with van der Waals surface area (Å²) >= 11 is 1.88. The lowest BCUT2D eigenvalue weighted by atomic mass is 10.2. The molecule has 0 heterocycles. The highest BCUT2D eigenvalue weighted by Gasteiger charge is 2.17. The van der Waals surface area contributed by atoms with Crippen LogP contribution < -0.4 is 0 Å². The lowest BCUT2D eigenvalue weighted by Crippen LogP contribution is -1.94. The van der Waals surface area contributed by atoms with Gasteiger partial charge in [0.25, 0.3) is 0 Å². The number of rotatable bonds is 2. The van der Waals surface area contributed by atoms with Crippen molar-refractivity contribution in [3.63, 3.8) is 0 Å². The largest absolute Gasteiger partial charge is 0.192 e. The number of nitriles is 1. The molecule has 1 nitrogen and oxygen atoms in total.